The monoisotopic (exact) mass is 288 g/mol. The summed E-state index contributed by atoms with van der Waals surface area (Å²) in [7, 11) is 0. The van der Waals surface area contributed by atoms with Crippen molar-refractivity contribution in [2.24, 2.45) is 5.41 Å². The fourth-order valence-electron chi connectivity index (χ4n) is 2.74. The van der Waals surface area contributed by atoms with Crippen LogP contribution in [0, 0.1) is 5.41 Å². The lowest BCUT2D eigenvalue weighted by Gasteiger charge is -2.30. The van der Waals surface area contributed by atoms with E-state index in [0.29, 0.717) is 18.2 Å². The minimum absolute atomic E-state index is 0.0176. The maximum Gasteiger partial charge on any atom is 0.257 e. The van der Waals surface area contributed by atoms with Crippen LogP contribution in [-0.2, 0) is 25.8 Å². The van der Waals surface area contributed by atoms with Crippen molar-refractivity contribution in [3.8, 4) is 0 Å². The van der Waals surface area contributed by atoms with Crippen molar-refractivity contribution in [1.29, 1.82) is 0 Å². The molecule has 0 spiro atoms. The number of aromatic nitrogens is 4. The third-order valence-electron chi connectivity index (χ3n) is 4.03. The van der Waals surface area contributed by atoms with Crippen LogP contribution < -0.4 is 5.56 Å². The van der Waals surface area contributed by atoms with Crippen molar-refractivity contribution in [2.45, 2.75) is 53.0 Å². The molecule has 2 aromatic rings. The van der Waals surface area contributed by atoms with Crippen molar-refractivity contribution >= 4 is 0 Å². The van der Waals surface area contributed by atoms with Gasteiger partial charge in [0.05, 0.1) is 12.0 Å². The van der Waals surface area contributed by atoms with Crippen molar-refractivity contribution < 1.29 is 4.42 Å². The average molecular weight is 288 g/mol. The fourth-order valence-corrected chi connectivity index (χ4v) is 2.74. The van der Waals surface area contributed by atoms with Gasteiger partial charge in [-0.15, -0.1) is 10.2 Å². The topological polar surface area (TPSA) is 73.8 Å². The van der Waals surface area contributed by atoms with Gasteiger partial charge in [0.25, 0.3) is 5.56 Å². The highest BCUT2D eigenvalue weighted by Crippen LogP contribution is 2.32. The summed E-state index contributed by atoms with van der Waals surface area (Å²) in [6.45, 7) is 6.62. The van der Waals surface area contributed by atoms with Crippen LogP contribution in [0.4, 0.5) is 0 Å². The summed E-state index contributed by atoms with van der Waals surface area (Å²) in [5.74, 6) is 1.04. The quantitative estimate of drug-likeness (QED) is 0.860. The van der Waals surface area contributed by atoms with E-state index in [1.807, 2.05) is 6.92 Å². The maximum atomic E-state index is 12.6. The molecule has 0 saturated carbocycles. The Balaban J connectivity index is 1.92. The van der Waals surface area contributed by atoms with E-state index in [-0.39, 0.29) is 17.5 Å². The van der Waals surface area contributed by atoms with Gasteiger partial charge in [0.15, 0.2) is 0 Å². The van der Waals surface area contributed by atoms with E-state index in [4.69, 9.17) is 4.42 Å². The summed E-state index contributed by atoms with van der Waals surface area (Å²) in [6.07, 6.45) is 5.01. The minimum atomic E-state index is 0.0176. The second kappa shape index (κ2) is 5.09. The zero-order valence-electron chi connectivity index (χ0n) is 12.7. The number of nitrogens with zero attached hydrogens (tertiary/aromatic N) is 4. The Morgan fingerprint density at radius 3 is 2.81 bits per heavy atom. The van der Waals surface area contributed by atoms with Gasteiger partial charge < -0.3 is 4.42 Å². The molecule has 0 saturated heterocycles. The van der Waals surface area contributed by atoms with Crippen molar-refractivity contribution in [1.82, 2.24) is 19.7 Å². The molecule has 6 nitrogen and oxygen atoms in total. The van der Waals surface area contributed by atoms with Gasteiger partial charge in [-0.1, -0.05) is 20.8 Å². The largest absolute Gasteiger partial charge is 0.423 e. The van der Waals surface area contributed by atoms with Gasteiger partial charge in [0, 0.05) is 12.0 Å². The van der Waals surface area contributed by atoms with Gasteiger partial charge in [0.1, 0.15) is 6.54 Å². The first-order valence-electron chi connectivity index (χ1n) is 7.37. The fraction of sp³-hybridized carbons (Fsp3) is 0.600. The second-order valence-corrected chi connectivity index (χ2v) is 6.39. The molecule has 0 bridgehead atoms. The van der Waals surface area contributed by atoms with E-state index in [0.717, 1.165) is 30.5 Å². The lowest BCUT2D eigenvalue weighted by Crippen LogP contribution is -2.33. The van der Waals surface area contributed by atoms with Crippen LogP contribution in [0.25, 0.3) is 0 Å². The molecule has 0 radical (unpaired) electrons. The van der Waals surface area contributed by atoms with Crippen molar-refractivity contribution in [3.63, 3.8) is 0 Å². The zero-order valence-corrected chi connectivity index (χ0v) is 12.7. The van der Waals surface area contributed by atoms with Crippen molar-refractivity contribution in [2.75, 3.05) is 0 Å². The molecule has 1 aliphatic rings. The van der Waals surface area contributed by atoms with E-state index in [2.05, 4.69) is 29.0 Å². The van der Waals surface area contributed by atoms with Gasteiger partial charge in [-0.25, -0.2) is 4.98 Å². The Morgan fingerprint density at radius 2 is 2.10 bits per heavy atom. The van der Waals surface area contributed by atoms with Gasteiger partial charge in [0.2, 0.25) is 11.8 Å². The van der Waals surface area contributed by atoms with Crippen LogP contribution >= 0.6 is 0 Å². The molecule has 1 aliphatic carbocycles. The average Bonchev–Trinajstić information content (AvgIpc) is 2.90. The van der Waals surface area contributed by atoms with Crippen LogP contribution in [0.5, 0.6) is 0 Å². The van der Waals surface area contributed by atoms with Crippen LogP contribution in [-0.4, -0.2) is 19.7 Å². The molecule has 0 amide bonds. The first-order valence-corrected chi connectivity index (χ1v) is 7.37. The molecule has 0 N–H and O–H groups in total. The minimum Gasteiger partial charge on any atom is -0.423 e. The molecule has 0 aliphatic heterocycles. The lowest BCUT2D eigenvalue weighted by molar-refractivity contribution is 0.308. The van der Waals surface area contributed by atoms with Gasteiger partial charge in [-0.3, -0.25) is 9.36 Å². The van der Waals surface area contributed by atoms with Crippen molar-refractivity contribution in [3.05, 3.63) is 39.7 Å². The van der Waals surface area contributed by atoms with Crippen LogP contribution in [0.1, 0.15) is 50.2 Å². The Labute approximate surface area is 123 Å². The molecule has 0 fully saturated rings. The first-order chi connectivity index (χ1) is 9.98. The maximum absolute atomic E-state index is 12.6. The molecule has 0 unspecified atom stereocenters. The Hall–Kier alpha value is -1.98. The molecule has 6 heteroatoms. The highest BCUT2D eigenvalue weighted by atomic mass is 16.4. The molecule has 21 heavy (non-hydrogen) atoms. The third-order valence-corrected chi connectivity index (χ3v) is 4.03. The number of aryl methyl sites for hydroxylation is 2. The normalized spacial score (nSPS) is 16.7. The standard InChI is InChI=1S/C15H20N4O2/c1-4-12-17-18-13(21-12)8-19-9-16-11-5-6-15(2,3)7-10(11)14(19)20/h9H,4-8H2,1-3H3. The summed E-state index contributed by atoms with van der Waals surface area (Å²) in [4.78, 5) is 17.1. The van der Waals surface area contributed by atoms with Crippen LogP contribution in [0.15, 0.2) is 15.5 Å². The number of hydrogen-bond donors (Lipinski definition) is 0. The molecule has 0 aromatic carbocycles. The van der Waals surface area contributed by atoms with E-state index in [9.17, 15) is 4.79 Å². The molecular formula is C15H20N4O2. The smallest absolute Gasteiger partial charge is 0.257 e. The van der Waals surface area contributed by atoms with Crippen LogP contribution in [0.2, 0.25) is 0 Å². The van der Waals surface area contributed by atoms with E-state index in [1.54, 1.807) is 10.9 Å². The molecule has 2 heterocycles. The molecule has 2 aromatic heterocycles. The van der Waals surface area contributed by atoms with E-state index >= 15 is 0 Å². The predicted molar refractivity (Wildman–Crippen MR) is 77.1 cm³/mol. The number of fused-ring (bicyclic) bond motifs is 1. The summed E-state index contributed by atoms with van der Waals surface area (Å²) < 4.78 is 7.03. The lowest BCUT2D eigenvalue weighted by atomic mass is 9.76. The Morgan fingerprint density at radius 1 is 1.33 bits per heavy atom. The summed E-state index contributed by atoms with van der Waals surface area (Å²) in [5, 5.41) is 7.88. The third kappa shape index (κ3) is 2.75. The van der Waals surface area contributed by atoms with E-state index in [1.165, 1.54) is 0 Å². The van der Waals surface area contributed by atoms with Gasteiger partial charge in [-0.05, 0) is 24.7 Å². The summed E-state index contributed by atoms with van der Waals surface area (Å²) >= 11 is 0. The molecular weight excluding hydrogens is 268 g/mol. The predicted octanol–water partition coefficient (Wildman–Crippen LogP) is 1.75. The Bertz CT molecular complexity index is 715. The molecule has 0 atom stereocenters. The highest BCUT2D eigenvalue weighted by Gasteiger charge is 2.28. The Kier molecular flexibility index (Phi) is 3.39. The molecule has 3 rings (SSSR count). The van der Waals surface area contributed by atoms with Crippen LogP contribution in [0.3, 0.4) is 0 Å². The van der Waals surface area contributed by atoms with E-state index < -0.39 is 0 Å². The summed E-state index contributed by atoms with van der Waals surface area (Å²) in [5.41, 5.74) is 1.95. The molecule has 112 valence electrons. The van der Waals surface area contributed by atoms with Gasteiger partial charge >= 0.3 is 0 Å². The zero-order chi connectivity index (χ0) is 15.0. The number of rotatable bonds is 3. The highest BCUT2D eigenvalue weighted by molar-refractivity contribution is 5.22. The SMILES string of the molecule is CCc1nnc(Cn2cnc3c(c2=O)CC(C)(C)CC3)o1. The number of hydrogen-bond acceptors (Lipinski definition) is 5. The first kappa shape index (κ1) is 14.0. The van der Waals surface area contributed by atoms with Gasteiger partial charge in [-0.2, -0.15) is 0 Å². The summed E-state index contributed by atoms with van der Waals surface area (Å²) in [6, 6.07) is 0. The second-order valence-electron chi connectivity index (χ2n) is 6.39.